The average molecular weight is 430 g/mol. The molecule has 0 spiro atoms. The second-order valence-electron chi connectivity index (χ2n) is 7.40. The lowest BCUT2D eigenvalue weighted by Gasteiger charge is -2.13. The Kier molecular flexibility index (Phi) is 4.29. The SMILES string of the molecule is Cn1c(=O)c2c(nc3n(Cc4ccccn4)c(=O)c(-c4ccccc4)c(O)n23)n(C)c1=O. The molecular formula is C22H18N6O4. The van der Waals surface area contributed by atoms with Crippen molar-refractivity contribution in [3.8, 4) is 17.0 Å². The van der Waals surface area contributed by atoms with Crippen LogP contribution in [-0.4, -0.2) is 33.2 Å². The Balaban J connectivity index is 2.01. The van der Waals surface area contributed by atoms with E-state index in [0.29, 0.717) is 11.3 Å². The van der Waals surface area contributed by atoms with E-state index in [-0.39, 0.29) is 29.0 Å². The number of rotatable bonds is 3. The van der Waals surface area contributed by atoms with Gasteiger partial charge in [0.25, 0.3) is 11.1 Å². The molecule has 0 radical (unpaired) electrons. The number of imidazole rings is 1. The van der Waals surface area contributed by atoms with Crippen LogP contribution >= 0.6 is 0 Å². The van der Waals surface area contributed by atoms with Crippen molar-refractivity contribution >= 4 is 16.9 Å². The van der Waals surface area contributed by atoms with Crippen LogP contribution in [0.25, 0.3) is 28.1 Å². The Labute approximate surface area is 179 Å². The second-order valence-corrected chi connectivity index (χ2v) is 7.40. The first-order valence-corrected chi connectivity index (χ1v) is 9.79. The van der Waals surface area contributed by atoms with Gasteiger partial charge in [-0.25, -0.2) is 9.20 Å². The summed E-state index contributed by atoms with van der Waals surface area (Å²) in [4.78, 5) is 47.7. The van der Waals surface area contributed by atoms with E-state index in [1.165, 1.54) is 27.6 Å². The maximum Gasteiger partial charge on any atom is 0.332 e. The molecule has 0 unspecified atom stereocenters. The van der Waals surface area contributed by atoms with Crippen LogP contribution in [0.4, 0.5) is 0 Å². The lowest BCUT2D eigenvalue weighted by Crippen LogP contribution is -2.37. The summed E-state index contributed by atoms with van der Waals surface area (Å²) >= 11 is 0. The first-order valence-electron chi connectivity index (χ1n) is 9.79. The van der Waals surface area contributed by atoms with Crippen LogP contribution in [0.2, 0.25) is 0 Å². The molecule has 0 bridgehead atoms. The molecule has 5 rings (SSSR count). The van der Waals surface area contributed by atoms with Gasteiger partial charge in [0.05, 0.1) is 12.2 Å². The van der Waals surface area contributed by atoms with E-state index in [2.05, 4.69) is 9.97 Å². The van der Waals surface area contributed by atoms with Crippen LogP contribution < -0.4 is 16.8 Å². The Bertz CT molecular complexity index is 1680. The molecule has 10 heteroatoms. The molecule has 10 nitrogen and oxygen atoms in total. The van der Waals surface area contributed by atoms with Crippen LogP contribution in [0, 0.1) is 0 Å². The fraction of sp³-hybridized carbons (Fsp3) is 0.136. The van der Waals surface area contributed by atoms with E-state index >= 15 is 0 Å². The molecule has 32 heavy (non-hydrogen) atoms. The molecule has 0 atom stereocenters. The predicted octanol–water partition coefficient (Wildman–Crippen LogP) is 0.862. The smallest absolute Gasteiger partial charge is 0.332 e. The molecule has 0 fully saturated rings. The average Bonchev–Trinajstić information content (AvgIpc) is 3.22. The third-order valence-electron chi connectivity index (χ3n) is 5.48. The first-order chi connectivity index (χ1) is 15.4. The van der Waals surface area contributed by atoms with Gasteiger partial charge in [0.15, 0.2) is 11.2 Å². The first kappa shape index (κ1) is 19.5. The van der Waals surface area contributed by atoms with E-state index < -0.39 is 22.7 Å². The zero-order valence-electron chi connectivity index (χ0n) is 17.3. The van der Waals surface area contributed by atoms with Gasteiger partial charge in [-0.15, -0.1) is 0 Å². The van der Waals surface area contributed by atoms with E-state index in [0.717, 1.165) is 4.57 Å². The molecule has 160 valence electrons. The largest absolute Gasteiger partial charge is 0.494 e. The fourth-order valence-corrected chi connectivity index (χ4v) is 3.85. The third-order valence-corrected chi connectivity index (χ3v) is 5.48. The van der Waals surface area contributed by atoms with Crippen LogP contribution in [0.3, 0.4) is 0 Å². The van der Waals surface area contributed by atoms with Crippen molar-refractivity contribution < 1.29 is 5.11 Å². The van der Waals surface area contributed by atoms with Crippen molar-refractivity contribution in [2.24, 2.45) is 14.1 Å². The van der Waals surface area contributed by atoms with Crippen molar-refractivity contribution in [3.63, 3.8) is 0 Å². The highest BCUT2D eigenvalue weighted by Crippen LogP contribution is 2.28. The Hall–Kier alpha value is -4.47. The van der Waals surface area contributed by atoms with E-state index in [9.17, 15) is 19.5 Å². The molecule has 5 aromatic rings. The zero-order valence-corrected chi connectivity index (χ0v) is 17.3. The number of benzene rings is 1. The van der Waals surface area contributed by atoms with Gasteiger partial charge in [0.1, 0.15) is 5.56 Å². The van der Waals surface area contributed by atoms with Gasteiger partial charge in [-0.3, -0.25) is 28.3 Å². The number of hydrogen-bond acceptors (Lipinski definition) is 6. The highest BCUT2D eigenvalue weighted by molar-refractivity contribution is 5.79. The summed E-state index contributed by atoms with van der Waals surface area (Å²) in [5, 5.41) is 11.2. The quantitative estimate of drug-likeness (QED) is 0.454. The van der Waals surface area contributed by atoms with Crippen molar-refractivity contribution in [2.45, 2.75) is 6.54 Å². The predicted molar refractivity (Wildman–Crippen MR) is 118 cm³/mol. The fourth-order valence-electron chi connectivity index (χ4n) is 3.85. The molecule has 1 aromatic carbocycles. The molecule has 0 amide bonds. The minimum absolute atomic E-state index is 0.00551. The van der Waals surface area contributed by atoms with Gasteiger partial charge in [0.2, 0.25) is 11.7 Å². The number of hydrogen-bond donors (Lipinski definition) is 1. The molecule has 4 aromatic heterocycles. The molecule has 0 aliphatic heterocycles. The summed E-state index contributed by atoms with van der Waals surface area (Å²) in [5.41, 5.74) is -0.541. The Morgan fingerprint density at radius 3 is 2.31 bits per heavy atom. The van der Waals surface area contributed by atoms with Gasteiger partial charge in [-0.05, 0) is 17.7 Å². The lowest BCUT2D eigenvalue weighted by atomic mass is 10.1. The number of aryl methyl sites for hydroxylation is 1. The number of aromatic hydroxyl groups is 1. The maximum absolute atomic E-state index is 13.6. The number of nitrogens with zero attached hydrogens (tertiary/aromatic N) is 6. The van der Waals surface area contributed by atoms with E-state index in [1.807, 2.05) is 0 Å². The third kappa shape index (κ3) is 2.69. The molecule has 0 aliphatic rings. The van der Waals surface area contributed by atoms with Crippen LogP contribution in [0.1, 0.15) is 5.69 Å². The van der Waals surface area contributed by atoms with Gasteiger partial charge in [-0.2, -0.15) is 4.98 Å². The number of pyridine rings is 1. The van der Waals surface area contributed by atoms with E-state index in [4.69, 9.17) is 0 Å². The monoisotopic (exact) mass is 430 g/mol. The van der Waals surface area contributed by atoms with Gasteiger partial charge in [0, 0.05) is 20.3 Å². The highest BCUT2D eigenvalue weighted by atomic mass is 16.3. The van der Waals surface area contributed by atoms with Crippen LogP contribution in [0.5, 0.6) is 5.88 Å². The molecule has 0 saturated heterocycles. The summed E-state index contributed by atoms with van der Waals surface area (Å²) < 4.78 is 4.71. The Morgan fingerprint density at radius 2 is 1.62 bits per heavy atom. The van der Waals surface area contributed by atoms with Crippen LogP contribution in [0.15, 0.2) is 69.1 Å². The zero-order chi connectivity index (χ0) is 22.6. The minimum Gasteiger partial charge on any atom is -0.494 e. The lowest BCUT2D eigenvalue weighted by molar-refractivity contribution is 0.445. The van der Waals surface area contributed by atoms with Gasteiger partial charge < -0.3 is 5.11 Å². The molecule has 1 N–H and O–H groups in total. The standard InChI is InChI=1S/C22H18N6O4/c1-25-17-16(20(31)26(2)22(25)32)28-19(30)15(13-8-4-3-5-9-13)18(29)27(21(28)24-17)12-14-10-6-7-11-23-14/h3-11,30H,12H2,1-2H3. The molecule has 0 aliphatic carbocycles. The second kappa shape index (κ2) is 7.05. The number of aromatic nitrogens is 6. The molecule has 0 saturated carbocycles. The Morgan fingerprint density at radius 1 is 0.906 bits per heavy atom. The molecule has 4 heterocycles. The molecular weight excluding hydrogens is 412 g/mol. The minimum atomic E-state index is -0.632. The topological polar surface area (TPSA) is 116 Å². The van der Waals surface area contributed by atoms with Crippen molar-refractivity contribution in [2.75, 3.05) is 0 Å². The normalized spacial score (nSPS) is 11.4. The van der Waals surface area contributed by atoms with Gasteiger partial charge in [-0.1, -0.05) is 36.4 Å². The number of fused-ring (bicyclic) bond motifs is 3. The maximum atomic E-state index is 13.6. The summed E-state index contributed by atoms with van der Waals surface area (Å²) in [5.74, 6) is -0.391. The summed E-state index contributed by atoms with van der Waals surface area (Å²) in [6.45, 7) is 0.0564. The van der Waals surface area contributed by atoms with Crippen molar-refractivity contribution in [3.05, 3.63) is 91.6 Å². The summed E-state index contributed by atoms with van der Waals surface area (Å²) in [7, 11) is 2.83. The summed E-state index contributed by atoms with van der Waals surface area (Å²) in [6, 6.07) is 14.0. The van der Waals surface area contributed by atoms with Crippen molar-refractivity contribution in [1.29, 1.82) is 0 Å². The van der Waals surface area contributed by atoms with E-state index in [1.54, 1.807) is 54.7 Å². The summed E-state index contributed by atoms with van der Waals surface area (Å²) in [6.07, 6.45) is 1.61. The highest BCUT2D eigenvalue weighted by Gasteiger charge is 2.25. The van der Waals surface area contributed by atoms with Crippen molar-refractivity contribution in [1.82, 2.24) is 28.1 Å². The van der Waals surface area contributed by atoms with Gasteiger partial charge >= 0.3 is 5.69 Å². The van der Waals surface area contributed by atoms with Crippen LogP contribution in [-0.2, 0) is 20.6 Å².